The van der Waals surface area contributed by atoms with Crippen LogP contribution in [-0.4, -0.2) is 43.0 Å². The van der Waals surface area contributed by atoms with Gasteiger partial charge in [-0.25, -0.2) is 4.98 Å². The molecule has 4 rings (SSSR count). The molecule has 1 aliphatic rings. The van der Waals surface area contributed by atoms with Crippen LogP contribution < -0.4 is 10.6 Å². The number of para-hydroxylation sites is 1. The van der Waals surface area contributed by atoms with E-state index in [9.17, 15) is 9.59 Å². The predicted molar refractivity (Wildman–Crippen MR) is 113 cm³/mol. The number of anilines is 1. The number of rotatable bonds is 5. The molecule has 3 aromatic rings. The molecular weight excluding hydrogens is 366 g/mol. The Kier molecular flexibility index (Phi) is 5.35. The minimum atomic E-state index is -0.518. The van der Waals surface area contributed by atoms with Crippen LogP contribution in [-0.2, 0) is 4.74 Å². The molecule has 0 aliphatic carbocycles. The van der Waals surface area contributed by atoms with Gasteiger partial charge in [0.15, 0.2) is 5.78 Å². The van der Waals surface area contributed by atoms with Gasteiger partial charge >= 0.3 is 0 Å². The number of hydrogen-bond donors (Lipinski definition) is 1. The summed E-state index contributed by atoms with van der Waals surface area (Å²) in [5.74, 6) is -0.681. The summed E-state index contributed by atoms with van der Waals surface area (Å²) in [4.78, 5) is 30.6. The molecule has 1 fully saturated rings. The van der Waals surface area contributed by atoms with Gasteiger partial charge in [-0.1, -0.05) is 30.3 Å². The Morgan fingerprint density at radius 1 is 1.00 bits per heavy atom. The van der Waals surface area contributed by atoms with Crippen molar-refractivity contribution in [2.24, 2.45) is 5.73 Å². The third-order valence-electron chi connectivity index (χ3n) is 4.93. The Balaban J connectivity index is 1.63. The van der Waals surface area contributed by atoms with E-state index in [1.165, 1.54) is 6.08 Å². The number of carbonyl (C=O) groups excluding carboxylic acids is 2. The van der Waals surface area contributed by atoms with Gasteiger partial charge in [0.1, 0.15) is 0 Å². The first-order valence-electron chi connectivity index (χ1n) is 9.46. The molecule has 0 saturated carbocycles. The van der Waals surface area contributed by atoms with Crippen molar-refractivity contribution in [1.29, 1.82) is 0 Å². The minimum Gasteiger partial charge on any atom is -0.378 e. The fourth-order valence-electron chi connectivity index (χ4n) is 3.38. The highest BCUT2D eigenvalue weighted by Gasteiger charge is 2.15. The number of pyridine rings is 1. The molecule has 6 heteroatoms. The van der Waals surface area contributed by atoms with Crippen LogP contribution >= 0.6 is 0 Å². The molecule has 0 atom stereocenters. The van der Waals surface area contributed by atoms with E-state index in [1.807, 2.05) is 24.3 Å². The van der Waals surface area contributed by atoms with E-state index < -0.39 is 5.91 Å². The lowest BCUT2D eigenvalue weighted by molar-refractivity contribution is 0.0997. The lowest BCUT2D eigenvalue weighted by atomic mass is 10.1. The Bertz CT molecular complexity index is 1080. The number of hydrogen-bond acceptors (Lipinski definition) is 5. The molecular formula is C23H21N3O3. The maximum Gasteiger partial charge on any atom is 0.248 e. The van der Waals surface area contributed by atoms with Gasteiger partial charge in [0.2, 0.25) is 5.91 Å². The van der Waals surface area contributed by atoms with Crippen molar-refractivity contribution < 1.29 is 14.3 Å². The van der Waals surface area contributed by atoms with Gasteiger partial charge in [0.25, 0.3) is 0 Å². The lowest BCUT2D eigenvalue weighted by Gasteiger charge is -2.30. The standard InChI is InChI=1S/C23H21N3O3/c24-23(28)17-7-5-16(6-8-17)22(27)10-9-18-15-21(26-11-13-29-14-12-26)19-3-1-2-4-20(19)25-18/h1-10,15H,11-14H2,(H2,24,28). The molecule has 2 N–H and O–H groups in total. The normalized spacial score (nSPS) is 14.4. The summed E-state index contributed by atoms with van der Waals surface area (Å²) >= 11 is 0. The zero-order valence-corrected chi connectivity index (χ0v) is 15.9. The number of fused-ring (bicyclic) bond motifs is 1. The van der Waals surface area contributed by atoms with E-state index in [0.717, 1.165) is 29.7 Å². The van der Waals surface area contributed by atoms with Crippen molar-refractivity contribution in [1.82, 2.24) is 4.98 Å². The van der Waals surface area contributed by atoms with Gasteiger partial charge in [0, 0.05) is 35.3 Å². The zero-order valence-electron chi connectivity index (χ0n) is 15.9. The largest absolute Gasteiger partial charge is 0.378 e. The third kappa shape index (κ3) is 4.17. The van der Waals surface area contributed by atoms with Crippen LogP contribution in [0, 0.1) is 0 Å². The summed E-state index contributed by atoms with van der Waals surface area (Å²) in [7, 11) is 0. The maximum absolute atomic E-state index is 12.5. The molecule has 2 heterocycles. The molecule has 2 aromatic carbocycles. The van der Waals surface area contributed by atoms with E-state index in [1.54, 1.807) is 30.3 Å². The number of ether oxygens (including phenoxy) is 1. The second kappa shape index (κ2) is 8.24. The molecule has 1 saturated heterocycles. The maximum atomic E-state index is 12.5. The first-order valence-corrected chi connectivity index (χ1v) is 9.46. The molecule has 1 aliphatic heterocycles. The number of allylic oxidation sites excluding steroid dienone is 1. The Morgan fingerprint density at radius 3 is 2.41 bits per heavy atom. The summed E-state index contributed by atoms with van der Waals surface area (Å²) in [6.07, 6.45) is 3.22. The quantitative estimate of drug-likeness (QED) is 0.537. The minimum absolute atomic E-state index is 0.163. The predicted octanol–water partition coefficient (Wildman–Crippen LogP) is 3.07. The van der Waals surface area contributed by atoms with Crippen molar-refractivity contribution >= 4 is 34.4 Å². The van der Waals surface area contributed by atoms with Gasteiger partial charge in [-0.3, -0.25) is 9.59 Å². The van der Waals surface area contributed by atoms with Gasteiger partial charge in [-0.05, 0) is 36.4 Å². The SMILES string of the molecule is NC(=O)c1ccc(C(=O)C=Cc2cc(N3CCOCC3)c3ccccc3n2)cc1. The summed E-state index contributed by atoms with van der Waals surface area (Å²) < 4.78 is 5.47. The van der Waals surface area contributed by atoms with Crippen LogP contribution in [0.4, 0.5) is 5.69 Å². The Morgan fingerprint density at radius 2 is 1.69 bits per heavy atom. The second-order valence-corrected chi connectivity index (χ2v) is 6.82. The fraction of sp³-hybridized carbons (Fsp3) is 0.174. The second-order valence-electron chi connectivity index (χ2n) is 6.82. The number of primary amides is 1. The summed E-state index contributed by atoms with van der Waals surface area (Å²) in [5, 5.41) is 1.08. The number of nitrogens with two attached hydrogens (primary N) is 1. The van der Waals surface area contributed by atoms with Gasteiger partial charge in [0.05, 0.1) is 24.4 Å². The first kappa shape index (κ1) is 18.8. The van der Waals surface area contributed by atoms with Crippen molar-refractivity contribution in [3.8, 4) is 0 Å². The van der Waals surface area contributed by atoms with Crippen LogP contribution in [0.5, 0.6) is 0 Å². The highest BCUT2D eigenvalue weighted by atomic mass is 16.5. The molecule has 0 spiro atoms. The van der Waals surface area contributed by atoms with E-state index >= 15 is 0 Å². The number of benzene rings is 2. The number of ketones is 1. The summed E-state index contributed by atoms with van der Waals surface area (Å²) in [6.45, 7) is 3.04. The molecule has 0 unspecified atom stereocenters. The smallest absolute Gasteiger partial charge is 0.248 e. The molecule has 1 aromatic heterocycles. The van der Waals surface area contributed by atoms with Crippen LogP contribution in [0.1, 0.15) is 26.4 Å². The summed E-state index contributed by atoms with van der Waals surface area (Å²) in [5.41, 5.74) is 8.79. The van der Waals surface area contributed by atoms with E-state index in [-0.39, 0.29) is 5.78 Å². The number of aromatic nitrogens is 1. The first-order chi connectivity index (χ1) is 14.1. The van der Waals surface area contributed by atoms with E-state index in [2.05, 4.69) is 16.0 Å². The van der Waals surface area contributed by atoms with Crippen LogP contribution in [0.2, 0.25) is 0 Å². The average Bonchev–Trinajstić information content (AvgIpc) is 2.77. The molecule has 0 radical (unpaired) electrons. The van der Waals surface area contributed by atoms with Crippen molar-refractivity contribution in [2.45, 2.75) is 0 Å². The zero-order chi connectivity index (χ0) is 20.2. The lowest BCUT2D eigenvalue weighted by Crippen LogP contribution is -2.36. The molecule has 146 valence electrons. The summed E-state index contributed by atoms with van der Waals surface area (Å²) in [6, 6.07) is 16.3. The number of nitrogens with zero attached hydrogens (tertiary/aromatic N) is 2. The number of amides is 1. The average molecular weight is 387 g/mol. The Labute approximate surface area is 168 Å². The van der Waals surface area contributed by atoms with Crippen molar-refractivity contribution in [2.75, 3.05) is 31.2 Å². The van der Waals surface area contributed by atoms with Gasteiger partial charge in [-0.15, -0.1) is 0 Å². The van der Waals surface area contributed by atoms with Crippen LogP contribution in [0.25, 0.3) is 17.0 Å². The molecule has 0 bridgehead atoms. The highest BCUT2D eigenvalue weighted by Crippen LogP contribution is 2.28. The van der Waals surface area contributed by atoms with Crippen LogP contribution in [0.3, 0.4) is 0 Å². The third-order valence-corrected chi connectivity index (χ3v) is 4.93. The van der Waals surface area contributed by atoms with E-state index in [0.29, 0.717) is 30.0 Å². The van der Waals surface area contributed by atoms with E-state index in [4.69, 9.17) is 10.5 Å². The fourth-order valence-corrected chi connectivity index (χ4v) is 3.38. The molecule has 6 nitrogen and oxygen atoms in total. The number of morpholine rings is 1. The van der Waals surface area contributed by atoms with Crippen molar-refractivity contribution in [3.63, 3.8) is 0 Å². The van der Waals surface area contributed by atoms with Crippen molar-refractivity contribution in [3.05, 3.63) is 77.5 Å². The van der Waals surface area contributed by atoms with Crippen LogP contribution in [0.15, 0.2) is 60.7 Å². The monoisotopic (exact) mass is 387 g/mol. The molecule has 29 heavy (non-hydrogen) atoms. The highest BCUT2D eigenvalue weighted by molar-refractivity contribution is 6.07. The van der Waals surface area contributed by atoms with Gasteiger partial charge < -0.3 is 15.4 Å². The molecule has 1 amide bonds. The Hall–Kier alpha value is -3.51. The topological polar surface area (TPSA) is 85.5 Å². The number of carbonyl (C=O) groups is 2. The van der Waals surface area contributed by atoms with Gasteiger partial charge in [-0.2, -0.15) is 0 Å².